The molecule has 4 nitrogen and oxygen atoms in total. The molecule has 0 unspecified atom stereocenters. The van der Waals surface area contributed by atoms with Crippen molar-refractivity contribution in [2.24, 2.45) is 0 Å². The standard InChI is InChI=1S/C23H19NO3S/c1-3-16-4-5-17-13-18(6-7-19(17)20(16)14-25)22-15(2)12-21(28-22)23(26)24-8-10-27-11-9-24/h1,4-7,12-14H,8-11H2,2H3. The van der Waals surface area contributed by atoms with Crippen LogP contribution in [0.1, 0.15) is 31.2 Å². The van der Waals surface area contributed by atoms with E-state index < -0.39 is 0 Å². The van der Waals surface area contributed by atoms with Crippen LogP contribution >= 0.6 is 11.3 Å². The zero-order valence-electron chi connectivity index (χ0n) is 15.5. The molecular weight excluding hydrogens is 370 g/mol. The number of morpholine rings is 1. The Labute approximate surface area is 167 Å². The number of hydrogen-bond acceptors (Lipinski definition) is 4. The van der Waals surface area contributed by atoms with Gasteiger partial charge in [0.25, 0.3) is 5.91 Å². The second kappa shape index (κ2) is 7.59. The predicted molar refractivity (Wildman–Crippen MR) is 112 cm³/mol. The van der Waals surface area contributed by atoms with Crippen LogP contribution in [0.15, 0.2) is 36.4 Å². The SMILES string of the molecule is C#Cc1ccc2cc(-c3sc(C(=O)N4CCOCC4)cc3C)ccc2c1C=O. The van der Waals surface area contributed by atoms with E-state index in [4.69, 9.17) is 11.2 Å². The average Bonchev–Trinajstić information content (AvgIpc) is 3.14. The summed E-state index contributed by atoms with van der Waals surface area (Å²) in [6, 6.07) is 11.6. The van der Waals surface area contributed by atoms with E-state index in [0.717, 1.165) is 37.9 Å². The Morgan fingerprint density at radius 1 is 1.21 bits per heavy atom. The fourth-order valence-corrected chi connectivity index (χ4v) is 4.68. The van der Waals surface area contributed by atoms with Crippen molar-refractivity contribution in [3.05, 3.63) is 58.0 Å². The molecule has 0 N–H and O–H groups in total. The van der Waals surface area contributed by atoms with Gasteiger partial charge in [-0.05, 0) is 47.0 Å². The van der Waals surface area contributed by atoms with Gasteiger partial charge in [-0.15, -0.1) is 17.8 Å². The van der Waals surface area contributed by atoms with Crippen LogP contribution in [0.4, 0.5) is 0 Å². The summed E-state index contributed by atoms with van der Waals surface area (Å²) in [5, 5.41) is 1.79. The molecular formula is C23H19NO3S. The number of thiophene rings is 1. The van der Waals surface area contributed by atoms with Crippen LogP contribution in [0, 0.1) is 19.3 Å². The van der Waals surface area contributed by atoms with Gasteiger partial charge in [0.05, 0.1) is 18.1 Å². The van der Waals surface area contributed by atoms with Gasteiger partial charge in [-0.3, -0.25) is 9.59 Å². The fraction of sp³-hybridized carbons (Fsp3) is 0.217. The van der Waals surface area contributed by atoms with E-state index in [1.807, 2.05) is 42.2 Å². The highest BCUT2D eigenvalue weighted by Crippen LogP contribution is 2.35. The first-order valence-electron chi connectivity index (χ1n) is 9.08. The minimum Gasteiger partial charge on any atom is -0.378 e. The summed E-state index contributed by atoms with van der Waals surface area (Å²) in [5.41, 5.74) is 3.23. The van der Waals surface area contributed by atoms with Crippen molar-refractivity contribution in [1.29, 1.82) is 0 Å². The third kappa shape index (κ3) is 3.22. The number of aryl methyl sites for hydroxylation is 1. The lowest BCUT2D eigenvalue weighted by molar-refractivity contribution is 0.0306. The molecule has 2 aromatic carbocycles. The summed E-state index contributed by atoms with van der Waals surface area (Å²) in [7, 11) is 0. The number of terminal acetylenes is 1. The number of aldehydes is 1. The van der Waals surface area contributed by atoms with Crippen molar-refractivity contribution in [2.75, 3.05) is 26.3 Å². The van der Waals surface area contributed by atoms with Gasteiger partial charge in [0.1, 0.15) is 0 Å². The van der Waals surface area contributed by atoms with E-state index in [9.17, 15) is 9.59 Å². The van der Waals surface area contributed by atoms with Crippen LogP contribution in [0.3, 0.4) is 0 Å². The molecule has 28 heavy (non-hydrogen) atoms. The Bertz CT molecular complexity index is 1120. The molecule has 0 saturated carbocycles. The first-order chi connectivity index (χ1) is 13.6. The quantitative estimate of drug-likeness (QED) is 0.500. The average molecular weight is 389 g/mol. The van der Waals surface area contributed by atoms with E-state index >= 15 is 0 Å². The van der Waals surface area contributed by atoms with Crippen LogP contribution in [0.25, 0.3) is 21.2 Å². The number of fused-ring (bicyclic) bond motifs is 1. The number of amides is 1. The maximum Gasteiger partial charge on any atom is 0.264 e. The van der Waals surface area contributed by atoms with Gasteiger partial charge in [-0.2, -0.15) is 0 Å². The van der Waals surface area contributed by atoms with Crippen molar-refractivity contribution in [3.63, 3.8) is 0 Å². The molecule has 0 bridgehead atoms. The zero-order chi connectivity index (χ0) is 19.7. The smallest absolute Gasteiger partial charge is 0.264 e. The van der Waals surface area contributed by atoms with Crippen LogP contribution in [0.2, 0.25) is 0 Å². The molecule has 2 heterocycles. The monoisotopic (exact) mass is 389 g/mol. The van der Waals surface area contributed by atoms with Crippen molar-refractivity contribution in [1.82, 2.24) is 4.90 Å². The summed E-state index contributed by atoms with van der Waals surface area (Å²) in [6.45, 7) is 4.46. The Kier molecular flexibility index (Phi) is 4.99. The minimum atomic E-state index is 0.0605. The van der Waals surface area contributed by atoms with Crippen LogP contribution in [-0.2, 0) is 4.74 Å². The number of rotatable bonds is 3. The number of hydrogen-bond donors (Lipinski definition) is 0. The second-order valence-electron chi connectivity index (χ2n) is 6.75. The van der Waals surface area contributed by atoms with Gasteiger partial charge >= 0.3 is 0 Å². The third-order valence-corrected chi connectivity index (χ3v) is 6.30. The van der Waals surface area contributed by atoms with Gasteiger partial charge < -0.3 is 9.64 Å². The highest BCUT2D eigenvalue weighted by atomic mass is 32.1. The maximum absolute atomic E-state index is 12.8. The first-order valence-corrected chi connectivity index (χ1v) is 9.90. The topological polar surface area (TPSA) is 46.6 Å². The largest absolute Gasteiger partial charge is 0.378 e. The Hall–Kier alpha value is -2.94. The third-order valence-electron chi connectivity index (χ3n) is 5.02. The Morgan fingerprint density at radius 3 is 2.71 bits per heavy atom. The lowest BCUT2D eigenvalue weighted by Gasteiger charge is -2.26. The Morgan fingerprint density at radius 2 is 2.00 bits per heavy atom. The normalized spacial score (nSPS) is 14.1. The number of carbonyl (C=O) groups excluding carboxylic acids is 2. The maximum atomic E-state index is 12.8. The molecule has 1 aromatic heterocycles. The first kappa shape index (κ1) is 18.4. The highest BCUT2D eigenvalue weighted by molar-refractivity contribution is 7.17. The highest BCUT2D eigenvalue weighted by Gasteiger charge is 2.21. The lowest BCUT2D eigenvalue weighted by atomic mass is 9.97. The Balaban J connectivity index is 1.72. The summed E-state index contributed by atoms with van der Waals surface area (Å²) >= 11 is 1.51. The second-order valence-corrected chi connectivity index (χ2v) is 7.80. The summed E-state index contributed by atoms with van der Waals surface area (Å²) < 4.78 is 5.33. The zero-order valence-corrected chi connectivity index (χ0v) is 16.3. The van der Waals surface area contributed by atoms with Gasteiger partial charge in [0, 0.05) is 29.1 Å². The molecule has 0 aliphatic carbocycles. The molecule has 0 radical (unpaired) electrons. The van der Waals surface area contributed by atoms with Gasteiger partial charge in [0.2, 0.25) is 0 Å². The van der Waals surface area contributed by atoms with Crippen LogP contribution in [-0.4, -0.2) is 43.4 Å². The van der Waals surface area contributed by atoms with Gasteiger partial charge in [-0.25, -0.2) is 0 Å². The van der Waals surface area contributed by atoms with E-state index in [1.54, 1.807) is 6.07 Å². The molecule has 140 valence electrons. The molecule has 1 saturated heterocycles. The number of ether oxygens (including phenoxy) is 1. The molecule has 1 fully saturated rings. The van der Waals surface area contributed by atoms with Crippen molar-refractivity contribution in [2.45, 2.75) is 6.92 Å². The van der Waals surface area contributed by atoms with Gasteiger partial charge in [0.15, 0.2) is 6.29 Å². The molecule has 3 aromatic rings. The van der Waals surface area contributed by atoms with Crippen LogP contribution < -0.4 is 0 Å². The van der Waals surface area contributed by atoms with E-state index in [1.165, 1.54) is 11.3 Å². The summed E-state index contributed by atoms with van der Waals surface area (Å²) in [4.78, 5) is 27.9. The molecule has 0 atom stereocenters. The van der Waals surface area contributed by atoms with E-state index in [-0.39, 0.29) is 5.91 Å². The van der Waals surface area contributed by atoms with Gasteiger partial charge in [-0.1, -0.05) is 24.1 Å². The summed E-state index contributed by atoms with van der Waals surface area (Å²) in [5.74, 6) is 2.62. The van der Waals surface area contributed by atoms with Crippen molar-refractivity contribution >= 4 is 34.3 Å². The van der Waals surface area contributed by atoms with Crippen LogP contribution in [0.5, 0.6) is 0 Å². The molecule has 1 aliphatic heterocycles. The lowest BCUT2D eigenvalue weighted by Crippen LogP contribution is -2.40. The predicted octanol–water partition coefficient (Wildman–Crippen LogP) is 4.14. The van der Waals surface area contributed by atoms with Crippen molar-refractivity contribution in [3.8, 4) is 22.8 Å². The van der Waals surface area contributed by atoms with E-state index in [2.05, 4.69) is 5.92 Å². The number of carbonyl (C=O) groups is 2. The van der Waals surface area contributed by atoms with E-state index in [0.29, 0.717) is 37.4 Å². The summed E-state index contributed by atoms with van der Waals surface area (Å²) in [6.07, 6.45) is 6.31. The molecule has 1 aliphatic rings. The molecule has 5 heteroatoms. The molecule has 4 rings (SSSR count). The molecule has 0 spiro atoms. The minimum absolute atomic E-state index is 0.0605. The molecule has 1 amide bonds. The number of nitrogens with zero attached hydrogens (tertiary/aromatic N) is 1. The fourth-order valence-electron chi connectivity index (χ4n) is 3.54. The van der Waals surface area contributed by atoms with Crippen molar-refractivity contribution < 1.29 is 14.3 Å². The number of benzene rings is 2.